The van der Waals surface area contributed by atoms with Crippen molar-refractivity contribution in [1.82, 2.24) is 15.1 Å². The van der Waals surface area contributed by atoms with Crippen LogP contribution in [0.5, 0.6) is 11.5 Å². The van der Waals surface area contributed by atoms with Crippen molar-refractivity contribution in [1.29, 1.82) is 0 Å². The van der Waals surface area contributed by atoms with E-state index >= 15 is 0 Å². The topological polar surface area (TPSA) is 65.4 Å². The molecule has 140 valence electrons. The highest BCUT2D eigenvalue weighted by Gasteiger charge is 2.17. The monoisotopic (exact) mass is 369 g/mol. The molecule has 0 unspecified atom stereocenters. The highest BCUT2D eigenvalue weighted by molar-refractivity contribution is 5.93. The van der Waals surface area contributed by atoms with Crippen molar-refractivity contribution in [2.24, 2.45) is 7.05 Å². The molecule has 0 radical (unpaired) electrons. The molecule has 27 heavy (non-hydrogen) atoms. The van der Waals surface area contributed by atoms with Crippen LogP contribution in [0.1, 0.15) is 16.1 Å². The molecule has 2 aromatic carbocycles. The number of rotatable bonds is 6. The molecule has 0 bridgehead atoms. The molecular weight excluding hydrogens is 349 g/mol. The van der Waals surface area contributed by atoms with Crippen LogP contribution in [0.3, 0.4) is 0 Å². The molecule has 0 atom stereocenters. The molecule has 0 aliphatic heterocycles. The zero-order valence-electron chi connectivity index (χ0n) is 15.3. The molecule has 1 N–H and O–H groups in total. The average Bonchev–Trinajstić information content (AvgIpc) is 3.07. The molecule has 7 heteroatoms. The van der Waals surface area contributed by atoms with E-state index < -0.39 is 0 Å². The van der Waals surface area contributed by atoms with Crippen molar-refractivity contribution in [2.45, 2.75) is 6.54 Å². The number of nitrogens with one attached hydrogen (secondary N) is 1. The molecule has 0 saturated carbocycles. The number of carbonyl (C=O) groups is 1. The Morgan fingerprint density at radius 1 is 1.15 bits per heavy atom. The van der Waals surface area contributed by atoms with Crippen molar-refractivity contribution in [3.05, 3.63) is 65.6 Å². The van der Waals surface area contributed by atoms with Gasteiger partial charge in [-0.3, -0.25) is 9.48 Å². The van der Waals surface area contributed by atoms with Gasteiger partial charge in [-0.05, 0) is 35.9 Å². The summed E-state index contributed by atoms with van der Waals surface area (Å²) in [4.78, 5) is 12.5. The third kappa shape index (κ3) is 4.08. The van der Waals surface area contributed by atoms with Crippen LogP contribution in [-0.2, 0) is 13.6 Å². The Morgan fingerprint density at radius 2 is 1.96 bits per heavy atom. The quantitative estimate of drug-likeness (QED) is 0.725. The van der Waals surface area contributed by atoms with Gasteiger partial charge >= 0.3 is 0 Å². The lowest BCUT2D eigenvalue weighted by molar-refractivity contribution is 0.0941. The summed E-state index contributed by atoms with van der Waals surface area (Å²) < 4.78 is 25.4. The van der Waals surface area contributed by atoms with Crippen LogP contribution >= 0.6 is 0 Å². The fourth-order valence-corrected chi connectivity index (χ4v) is 2.74. The normalized spacial score (nSPS) is 10.5. The first kappa shape index (κ1) is 18.4. The molecule has 1 amide bonds. The second-order valence-electron chi connectivity index (χ2n) is 5.92. The number of amides is 1. The SMILES string of the molecule is COc1ccc(-c2cc(C(=O)NCc3cccc(F)c3)n(C)n2)c(OC)c1. The van der Waals surface area contributed by atoms with Crippen LogP contribution in [0.4, 0.5) is 4.39 Å². The zero-order valence-corrected chi connectivity index (χ0v) is 15.3. The Kier molecular flexibility index (Phi) is 5.40. The molecule has 0 aliphatic carbocycles. The molecule has 0 saturated heterocycles. The fourth-order valence-electron chi connectivity index (χ4n) is 2.74. The molecule has 6 nitrogen and oxygen atoms in total. The number of aryl methyl sites for hydroxylation is 1. The lowest BCUT2D eigenvalue weighted by Gasteiger charge is -2.08. The summed E-state index contributed by atoms with van der Waals surface area (Å²) in [5.74, 6) is 0.628. The van der Waals surface area contributed by atoms with Crippen LogP contribution in [0.15, 0.2) is 48.5 Å². The molecule has 0 spiro atoms. The molecule has 1 aromatic heterocycles. The van der Waals surface area contributed by atoms with Crippen molar-refractivity contribution >= 4 is 5.91 Å². The Morgan fingerprint density at radius 3 is 2.67 bits per heavy atom. The maximum Gasteiger partial charge on any atom is 0.269 e. The van der Waals surface area contributed by atoms with Gasteiger partial charge in [-0.2, -0.15) is 5.10 Å². The van der Waals surface area contributed by atoms with Crippen LogP contribution in [0.25, 0.3) is 11.3 Å². The van der Waals surface area contributed by atoms with Gasteiger partial charge in [-0.15, -0.1) is 0 Å². The van der Waals surface area contributed by atoms with E-state index in [1.165, 1.54) is 16.8 Å². The third-order valence-electron chi connectivity index (χ3n) is 4.14. The van der Waals surface area contributed by atoms with Crippen molar-refractivity contribution in [3.63, 3.8) is 0 Å². The maximum absolute atomic E-state index is 13.2. The van der Waals surface area contributed by atoms with Gasteiger partial charge in [-0.25, -0.2) is 4.39 Å². The molecular formula is C20H20FN3O3. The van der Waals surface area contributed by atoms with Crippen LogP contribution in [0.2, 0.25) is 0 Å². The molecule has 0 fully saturated rings. The summed E-state index contributed by atoms with van der Waals surface area (Å²) in [6.07, 6.45) is 0. The number of halogens is 1. The second-order valence-corrected chi connectivity index (χ2v) is 5.92. The van der Waals surface area contributed by atoms with E-state index in [0.717, 1.165) is 5.56 Å². The van der Waals surface area contributed by atoms with Gasteiger partial charge in [0.2, 0.25) is 0 Å². The highest BCUT2D eigenvalue weighted by Crippen LogP contribution is 2.32. The van der Waals surface area contributed by atoms with Crippen molar-refractivity contribution in [2.75, 3.05) is 14.2 Å². The minimum absolute atomic E-state index is 0.225. The van der Waals surface area contributed by atoms with Gasteiger partial charge in [0, 0.05) is 25.2 Å². The van der Waals surface area contributed by atoms with Gasteiger partial charge in [0.15, 0.2) is 0 Å². The first-order chi connectivity index (χ1) is 13.0. The van der Waals surface area contributed by atoms with E-state index in [1.807, 2.05) is 6.07 Å². The summed E-state index contributed by atoms with van der Waals surface area (Å²) in [5, 5.41) is 7.19. The number of carbonyl (C=O) groups excluding carboxylic acids is 1. The number of nitrogens with zero attached hydrogens (tertiary/aromatic N) is 2. The first-order valence-electron chi connectivity index (χ1n) is 8.31. The van der Waals surface area contributed by atoms with E-state index in [4.69, 9.17) is 9.47 Å². The Hall–Kier alpha value is -3.35. The average molecular weight is 369 g/mol. The number of methoxy groups -OCH3 is 2. The lowest BCUT2D eigenvalue weighted by Crippen LogP contribution is -2.25. The third-order valence-corrected chi connectivity index (χ3v) is 4.14. The molecule has 0 aliphatic rings. The van der Waals surface area contributed by atoms with Crippen molar-refractivity contribution in [3.8, 4) is 22.8 Å². The second kappa shape index (κ2) is 7.90. The Bertz CT molecular complexity index is 969. The van der Waals surface area contributed by atoms with E-state index in [1.54, 1.807) is 51.6 Å². The van der Waals surface area contributed by atoms with Crippen LogP contribution in [-0.4, -0.2) is 29.9 Å². The van der Waals surface area contributed by atoms with E-state index in [0.29, 0.717) is 28.5 Å². The predicted molar refractivity (Wildman–Crippen MR) is 99.3 cm³/mol. The van der Waals surface area contributed by atoms with Crippen LogP contribution < -0.4 is 14.8 Å². The number of ether oxygens (including phenoxy) is 2. The van der Waals surface area contributed by atoms with Gasteiger partial charge in [0.25, 0.3) is 5.91 Å². The van der Waals surface area contributed by atoms with Gasteiger partial charge in [-0.1, -0.05) is 12.1 Å². The Labute approximate surface area is 156 Å². The Balaban J connectivity index is 1.81. The predicted octanol–water partition coefficient (Wildman–Crippen LogP) is 3.17. The van der Waals surface area contributed by atoms with E-state index in [-0.39, 0.29) is 18.3 Å². The maximum atomic E-state index is 13.2. The minimum atomic E-state index is -0.337. The van der Waals surface area contributed by atoms with Gasteiger partial charge in [0.1, 0.15) is 23.0 Å². The molecule has 1 heterocycles. The number of aromatic nitrogens is 2. The molecule has 3 aromatic rings. The van der Waals surface area contributed by atoms with Crippen molar-refractivity contribution < 1.29 is 18.7 Å². The summed E-state index contributed by atoms with van der Waals surface area (Å²) in [6.45, 7) is 0.225. The largest absolute Gasteiger partial charge is 0.497 e. The first-order valence-corrected chi connectivity index (χ1v) is 8.31. The van der Waals surface area contributed by atoms with E-state index in [2.05, 4.69) is 10.4 Å². The summed E-state index contributed by atoms with van der Waals surface area (Å²) in [5.41, 5.74) is 2.42. The van der Waals surface area contributed by atoms with Gasteiger partial charge in [0.05, 0.1) is 19.9 Å². The summed E-state index contributed by atoms with van der Waals surface area (Å²) in [7, 11) is 4.83. The highest BCUT2D eigenvalue weighted by atomic mass is 19.1. The smallest absolute Gasteiger partial charge is 0.269 e. The van der Waals surface area contributed by atoms with E-state index in [9.17, 15) is 9.18 Å². The minimum Gasteiger partial charge on any atom is -0.497 e. The summed E-state index contributed by atoms with van der Waals surface area (Å²) >= 11 is 0. The van der Waals surface area contributed by atoms with Crippen LogP contribution in [0, 0.1) is 5.82 Å². The molecule has 3 rings (SSSR count). The zero-order chi connectivity index (χ0) is 19.4. The number of hydrogen-bond donors (Lipinski definition) is 1. The van der Waals surface area contributed by atoms with Gasteiger partial charge < -0.3 is 14.8 Å². The number of hydrogen-bond acceptors (Lipinski definition) is 4. The standard InChI is InChI=1S/C20H20FN3O3/c1-24-18(20(25)22-12-13-5-4-6-14(21)9-13)11-17(23-24)16-8-7-15(26-2)10-19(16)27-3/h4-11H,12H2,1-3H3,(H,22,25). The fraction of sp³-hybridized carbons (Fsp3) is 0.200. The summed E-state index contributed by atoms with van der Waals surface area (Å²) in [6, 6.07) is 13.2. The number of benzene rings is 2. The lowest BCUT2D eigenvalue weighted by atomic mass is 10.1.